The van der Waals surface area contributed by atoms with Crippen molar-refractivity contribution in [2.24, 2.45) is 5.73 Å². The van der Waals surface area contributed by atoms with Gasteiger partial charge >= 0.3 is 0 Å². The van der Waals surface area contributed by atoms with Crippen molar-refractivity contribution < 1.29 is 4.52 Å². The summed E-state index contributed by atoms with van der Waals surface area (Å²) < 4.78 is 5.43. The van der Waals surface area contributed by atoms with Gasteiger partial charge in [0.25, 0.3) is 0 Å². The van der Waals surface area contributed by atoms with E-state index < -0.39 is 0 Å². The maximum absolute atomic E-state index is 5.88. The minimum atomic E-state index is -0.0720. The summed E-state index contributed by atoms with van der Waals surface area (Å²) in [7, 11) is 0. The van der Waals surface area contributed by atoms with Crippen LogP contribution in [0.3, 0.4) is 0 Å². The number of benzene rings is 2. The Morgan fingerprint density at radius 3 is 2.62 bits per heavy atom. The molecule has 1 heterocycles. The molecule has 0 amide bonds. The summed E-state index contributed by atoms with van der Waals surface area (Å²) in [4.78, 5) is 4.51. The quantitative estimate of drug-likeness (QED) is 0.796. The Morgan fingerprint density at radius 1 is 1.10 bits per heavy atom. The van der Waals surface area contributed by atoms with Crippen molar-refractivity contribution in [2.75, 3.05) is 6.54 Å². The molecule has 2 aromatic carbocycles. The molecule has 1 unspecified atom stereocenters. The zero-order valence-corrected chi connectivity index (χ0v) is 11.9. The van der Waals surface area contributed by atoms with Gasteiger partial charge in [0.05, 0.1) is 5.92 Å². The molecule has 0 fully saturated rings. The van der Waals surface area contributed by atoms with Crippen LogP contribution in [-0.4, -0.2) is 16.7 Å². The van der Waals surface area contributed by atoms with Gasteiger partial charge in [-0.25, -0.2) is 0 Å². The minimum Gasteiger partial charge on any atom is -0.338 e. The van der Waals surface area contributed by atoms with Gasteiger partial charge in [0.15, 0.2) is 0 Å². The van der Waals surface area contributed by atoms with Crippen molar-refractivity contribution in [2.45, 2.75) is 12.8 Å². The topological polar surface area (TPSA) is 64.9 Å². The van der Waals surface area contributed by atoms with Crippen molar-refractivity contribution in [3.8, 4) is 11.4 Å². The lowest BCUT2D eigenvalue weighted by Crippen LogP contribution is -2.14. The number of aromatic nitrogens is 2. The molecule has 1 atom stereocenters. The molecule has 0 radical (unpaired) electrons. The number of nitrogens with two attached hydrogens (primary N) is 1. The molecule has 0 aliphatic carbocycles. The predicted molar refractivity (Wildman–Crippen MR) is 81.8 cm³/mol. The summed E-state index contributed by atoms with van der Waals surface area (Å²) in [6, 6.07) is 18.0. The van der Waals surface area contributed by atoms with Crippen molar-refractivity contribution in [1.82, 2.24) is 10.1 Å². The summed E-state index contributed by atoms with van der Waals surface area (Å²) in [6.07, 6.45) is 0. The lowest BCUT2D eigenvalue weighted by atomic mass is 9.99. The number of hydrogen-bond acceptors (Lipinski definition) is 4. The predicted octanol–water partition coefficient (Wildman–Crippen LogP) is 3.14. The van der Waals surface area contributed by atoms with Crippen LogP contribution < -0.4 is 5.73 Å². The van der Waals surface area contributed by atoms with E-state index in [4.69, 9.17) is 10.3 Å². The number of rotatable bonds is 4. The van der Waals surface area contributed by atoms with Gasteiger partial charge in [-0.2, -0.15) is 4.98 Å². The van der Waals surface area contributed by atoms with Gasteiger partial charge in [-0.3, -0.25) is 0 Å². The second-order valence-electron chi connectivity index (χ2n) is 5.02. The molecular weight excluding hydrogens is 262 g/mol. The molecule has 3 aromatic rings. The molecule has 0 saturated heterocycles. The van der Waals surface area contributed by atoms with Gasteiger partial charge in [0, 0.05) is 12.1 Å². The zero-order valence-electron chi connectivity index (χ0n) is 11.9. The lowest BCUT2D eigenvalue weighted by Gasteiger charge is -2.09. The van der Waals surface area contributed by atoms with Crippen LogP contribution in [0.5, 0.6) is 0 Å². The molecule has 3 rings (SSSR count). The Bertz CT molecular complexity index is 722. The molecule has 0 saturated carbocycles. The smallest absolute Gasteiger partial charge is 0.235 e. The zero-order chi connectivity index (χ0) is 14.7. The Balaban J connectivity index is 1.94. The normalized spacial score (nSPS) is 12.3. The first-order valence-electron chi connectivity index (χ1n) is 6.93. The van der Waals surface area contributed by atoms with E-state index in [1.165, 1.54) is 0 Å². The van der Waals surface area contributed by atoms with Crippen LogP contribution in [-0.2, 0) is 0 Å². The molecule has 4 heteroatoms. The molecular formula is C17H17N3O. The van der Waals surface area contributed by atoms with Gasteiger partial charge < -0.3 is 10.3 Å². The van der Waals surface area contributed by atoms with E-state index in [2.05, 4.69) is 10.1 Å². The molecule has 106 valence electrons. The van der Waals surface area contributed by atoms with Gasteiger partial charge in [-0.1, -0.05) is 59.3 Å². The number of hydrogen-bond donors (Lipinski definition) is 1. The fraction of sp³-hybridized carbons (Fsp3) is 0.176. The lowest BCUT2D eigenvalue weighted by molar-refractivity contribution is 0.367. The molecule has 0 bridgehead atoms. The van der Waals surface area contributed by atoms with Crippen LogP contribution in [0.25, 0.3) is 11.4 Å². The van der Waals surface area contributed by atoms with E-state index in [-0.39, 0.29) is 5.92 Å². The molecule has 21 heavy (non-hydrogen) atoms. The first-order valence-corrected chi connectivity index (χ1v) is 6.93. The second kappa shape index (κ2) is 5.89. The fourth-order valence-corrected chi connectivity index (χ4v) is 2.34. The van der Waals surface area contributed by atoms with Crippen LogP contribution in [0.2, 0.25) is 0 Å². The van der Waals surface area contributed by atoms with E-state index in [0.717, 1.165) is 16.7 Å². The van der Waals surface area contributed by atoms with Gasteiger partial charge in [0.1, 0.15) is 0 Å². The van der Waals surface area contributed by atoms with Crippen molar-refractivity contribution in [3.63, 3.8) is 0 Å². The van der Waals surface area contributed by atoms with Gasteiger partial charge in [-0.15, -0.1) is 0 Å². The third-order valence-corrected chi connectivity index (χ3v) is 3.45. The maximum Gasteiger partial charge on any atom is 0.235 e. The van der Waals surface area contributed by atoms with E-state index in [9.17, 15) is 0 Å². The fourth-order valence-electron chi connectivity index (χ4n) is 2.34. The van der Waals surface area contributed by atoms with Gasteiger partial charge in [-0.05, 0) is 18.6 Å². The third-order valence-electron chi connectivity index (χ3n) is 3.45. The highest BCUT2D eigenvalue weighted by molar-refractivity contribution is 5.55. The minimum absolute atomic E-state index is 0.0720. The molecule has 0 spiro atoms. The summed E-state index contributed by atoms with van der Waals surface area (Å²) >= 11 is 0. The van der Waals surface area contributed by atoms with Crippen molar-refractivity contribution in [3.05, 3.63) is 71.6 Å². The van der Waals surface area contributed by atoms with Crippen LogP contribution >= 0.6 is 0 Å². The Labute approximate surface area is 123 Å². The van der Waals surface area contributed by atoms with Gasteiger partial charge in [0.2, 0.25) is 11.7 Å². The largest absolute Gasteiger partial charge is 0.338 e. The first kappa shape index (κ1) is 13.5. The van der Waals surface area contributed by atoms with Crippen LogP contribution in [0.4, 0.5) is 0 Å². The van der Waals surface area contributed by atoms with Crippen molar-refractivity contribution in [1.29, 1.82) is 0 Å². The Kier molecular flexibility index (Phi) is 3.79. The summed E-state index contributed by atoms with van der Waals surface area (Å²) in [5.74, 6) is 1.08. The van der Waals surface area contributed by atoms with Crippen LogP contribution in [0, 0.1) is 6.92 Å². The molecule has 2 N–H and O–H groups in total. The highest BCUT2D eigenvalue weighted by Crippen LogP contribution is 2.25. The van der Waals surface area contributed by atoms with Crippen molar-refractivity contribution >= 4 is 0 Å². The second-order valence-corrected chi connectivity index (χ2v) is 5.02. The maximum atomic E-state index is 5.88. The average Bonchev–Trinajstić information content (AvgIpc) is 2.99. The number of nitrogens with zero attached hydrogens (tertiary/aromatic N) is 2. The van der Waals surface area contributed by atoms with Crippen LogP contribution in [0.1, 0.15) is 22.9 Å². The summed E-state index contributed by atoms with van der Waals surface area (Å²) in [5, 5.41) is 4.08. The highest BCUT2D eigenvalue weighted by Gasteiger charge is 2.20. The Hall–Kier alpha value is -2.46. The SMILES string of the molecule is Cc1cccc(-c2noc(C(CN)c3ccccc3)n2)c1. The summed E-state index contributed by atoms with van der Waals surface area (Å²) in [6.45, 7) is 2.47. The van der Waals surface area contributed by atoms with E-state index in [1.54, 1.807) is 0 Å². The van der Waals surface area contributed by atoms with E-state index in [1.807, 2.05) is 61.5 Å². The molecule has 0 aliphatic rings. The first-order chi connectivity index (χ1) is 10.3. The average molecular weight is 279 g/mol. The standard InChI is InChI=1S/C17H17N3O/c1-12-6-5-9-14(10-12)16-19-17(21-20-16)15(11-18)13-7-3-2-4-8-13/h2-10,15H,11,18H2,1H3. The highest BCUT2D eigenvalue weighted by atomic mass is 16.5. The number of aryl methyl sites for hydroxylation is 1. The summed E-state index contributed by atoms with van der Waals surface area (Å²) in [5.41, 5.74) is 9.08. The molecule has 1 aromatic heterocycles. The monoisotopic (exact) mass is 279 g/mol. The van der Waals surface area contributed by atoms with Crippen LogP contribution in [0.15, 0.2) is 59.1 Å². The Morgan fingerprint density at radius 2 is 1.90 bits per heavy atom. The molecule has 0 aliphatic heterocycles. The third kappa shape index (κ3) is 2.85. The van der Waals surface area contributed by atoms with E-state index in [0.29, 0.717) is 18.3 Å². The van der Waals surface area contributed by atoms with E-state index >= 15 is 0 Å². The molecule has 4 nitrogen and oxygen atoms in total.